The van der Waals surface area contributed by atoms with Gasteiger partial charge in [0, 0.05) is 24.5 Å². The van der Waals surface area contributed by atoms with Crippen LogP contribution in [0.5, 0.6) is 0 Å². The zero-order chi connectivity index (χ0) is 14.5. The fourth-order valence-corrected chi connectivity index (χ4v) is 2.09. The van der Waals surface area contributed by atoms with E-state index in [0.717, 1.165) is 30.9 Å². The molecule has 0 aliphatic heterocycles. The SMILES string of the molecule is Cc1cc(C)n(CCCNc2ccc(C(=O)O)cc2)n1. The van der Waals surface area contributed by atoms with Gasteiger partial charge in [0.05, 0.1) is 11.3 Å². The number of aromatic nitrogens is 2. The minimum atomic E-state index is -0.902. The van der Waals surface area contributed by atoms with Gasteiger partial charge in [-0.3, -0.25) is 4.68 Å². The second kappa shape index (κ2) is 6.23. The third-order valence-corrected chi connectivity index (χ3v) is 3.11. The van der Waals surface area contributed by atoms with E-state index in [2.05, 4.69) is 23.4 Å². The molecular weight excluding hydrogens is 254 g/mol. The highest BCUT2D eigenvalue weighted by atomic mass is 16.4. The molecule has 20 heavy (non-hydrogen) atoms. The van der Waals surface area contributed by atoms with Crippen LogP contribution in [0.25, 0.3) is 0 Å². The van der Waals surface area contributed by atoms with Crippen LogP contribution in [0.4, 0.5) is 5.69 Å². The number of benzene rings is 1. The molecule has 2 aromatic rings. The van der Waals surface area contributed by atoms with Crippen LogP contribution in [-0.4, -0.2) is 27.4 Å². The minimum absolute atomic E-state index is 0.304. The van der Waals surface area contributed by atoms with Crippen molar-refractivity contribution < 1.29 is 9.90 Å². The van der Waals surface area contributed by atoms with Crippen molar-refractivity contribution >= 4 is 11.7 Å². The first-order valence-corrected chi connectivity index (χ1v) is 6.64. The highest BCUT2D eigenvalue weighted by Gasteiger charge is 2.02. The molecule has 0 fully saturated rings. The third kappa shape index (κ3) is 3.60. The number of anilines is 1. The molecule has 0 atom stereocenters. The first kappa shape index (κ1) is 14.1. The summed E-state index contributed by atoms with van der Waals surface area (Å²) in [5, 5.41) is 16.5. The van der Waals surface area contributed by atoms with Gasteiger partial charge in [0.15, 0.2) is 0 Å². The minimum Gasteiger partial charge on any atom is -0.478 e. The fourth-order valence-electron chi connectivity index (χ4n) is 2.09. The third-order valence-electron chi connectivity index (χ3n) is 3.11. The lowest BCUT2D eigenvalue weighted by molar-refractivity contribution is 0.0697. The van der Waals surface area contributed by atoms with E-state index in [4.69, 9.17) is 5.11 Å². The summed E-state index contributed by atoms with van der Waals surface area (Å²) in [5.41, 5.74) is 3.45. The smallest absolute Gasteiger partial charge is 0.335 e. The Kier molecular flexibility index (Phi) is 4.40. The Morgan fingerprint density at radius 3 is 2.55 bits per heavy atom. The number of nitrogens with zero attached hydrogens (tertiary/aromatic N) is 2. The summed E-state index contributed by atoms with van der Waals surface area (Å²) in [6, 6.07) is 8.84. The van der Waals surface area contributed by atoms with Crippen LogP contribution in [-0.2, 0) is 6.54 Å². The van der Waals surface area contributed by atoms with Crippen LogP contribution in [0.2, 0.25) is 0 Å². The Bertz CT molecular complexity index is 588. The summed E-state index contributed by atoms with van der Waals surface area (Å²) < 4.78 is 2.00. The van der Waals surface area contributed by atoms with Crippen LogP contribution in [0.3, 0.4) is 0 Å². The molecule has 0 aliphatic rings. The summed E-state index contributed by atoms with van der Waals surface area (Å²) >= 11 is 0. The van der Waals surface area contributed by atoms with Crippen molar-refractivity contribution in [3.8, 4) is 0 Å². The van der Waals surface area contributed by atoms with E-state index in [-0.39, 0.29) is 0 Å². The molecule has 0 spiro atoms. The van der Waals surface area contributed by atoms with Crippen molar-refractivity contribution in [3.63, 3.8) is 0 Å². The van der Waals surface area contributed by atoms with Gasteiger partial charge in [0.25, 0.3) is 0 Å². The van der Waals surface area contributed by atoms with E-state index >= 15 is 0 Å². The zero-order valence-electron chi connectivity index (χ0n) is 11.8. The van der Waals surface area contributed by atoms with E-state index in [0.29, 0.717) is 5.56 Å². The number of nitrogens with one attached hydrogen (secondary N) is 1. The maximum atomic E-state index is 10.7. The summed E-state index contributed by atoms with van der Waals surface area (Å²) in [5.74, 6) is -0.902. The number of aromatic carboxylic acids is 1. The number of carbonyl (C=O) groups is 1. The molecule has 1 heterocycles. The Balaban J connectivity index is 1.78. The van der Waals surface area contributed by atoms with Gasteiger partial charge in [-0.1, -0.05) is 0 Å². The maximum Gasteiger partial charge on any atom is 0.335 e. The molecular formula is C15H19N3O2. The lowest BCUT2D eigenvalue weighted by Gasteiger charge is -2.08. The molecule has 2 rings (SSSR count). The molecule has 1 aromatic carbocycles. The number of carboxylic acid groups (broad SMARTS) is 1. The normalized spacial score (nSPS) is 10.5. The molecule has 0 unspecified atom stereocenters. The topological polar surface area (TPSA) is 67.2 Å². The van der Waals surface area contributed by atoms with Gasteiger partial charge < -0.3 is 10.4 Å². The first-order chi connectivity index (χ1) is 9.56. The van der Waals surface area contributed by atoms with Crippen LogP contribution in [0, 0.1) is 13.8 Å². The molecule has 2 N–H and O–H groups in total. The van der Waals surface area contributed by atoms with Gasteiger partial charge in [-0.25, -0.2) is 4.79 Å². The molecule has 0 aliphatic carbocycles. The van der Waals surface area contributed by atoms with Gasteiger partial charge in [-0.15, -0.1) is 0 Å². The van der Waals surface area contributed by atoms with E-state index in [1.165, 1.54) is 5.69 Å². The summed E-state index contributed by atoms with van der Waals surface area (Å²) in [7, 11) is 0. The highest BCUT2D eigenvalue weighted by Crippen LogP contribution is 2.10. The van der Waals surface area contributed by atoms with Crippen LogP contribution in [0.15, 0.2) is 30.3 Å². The lowest BCUT2D eigenvalue weighted by Crippen LogP contribution is -2.09. The number of rotatable bonds is 6. The second-order valence-corrected chi connectivity index (χ2v) is 4.81. The van der Waals surface area contributed by atoms with Gasteiger partial charge in [-0.2, -0.15) is 5.10 Å². The van der Waals surface area contributed by atoms with Gasteiger partial charge >= 0.3 is 5.97 Å². The zero-order valence-corrected chi connectivity index (χ0v) is 11.8. The van der Waals surface area contributed by atoms with Gasteiger partial charge in [-0.05, 0) is 50.6 Å². The summed E-state index contributed by atoms with van der Waals surface area (Å²) in [6.07, 6.45) is 0.961. The van der Waals surface area contributed by atoms with Gasteiger partial charge in [0.2, 0.25) is 0 Å². The molecule has 0 radical (unpaired) electrons. The molecule has 0 amide bonds. The Hall–Kier alpha value is -2.30. The average Bonchev–Trinajstić information content (AvgIpc) is 2.73. The van der Waals surface area contributed by atoms with E-state index < -0.39 is 5.97 Å². The fraction of sp³-hybridized carbons (Fsp3) is 0.333. The van der Waals surface area contributed by atoms with E-state index in [1.54, 1.807) is 24.3 Å². The van der Waals surface area contributed by atoms with Gasteiger partial charge in [0.1, 0.15) is 0 Å². The van der Waals surface area contributed by atoms with Crippen molar-refractivity contribution in [2.24, 2.45) is 0 Å². The van der Waals surface area contributed by atoms with Crippen LogP contribution < -0.4 is 5.32 Å². The first-order valence-electron chi connectivity index (χ1n) is 6.64. The van der Waals surface area contributed by atoms with E-state index in [9.17, 15) is 4.79 Å². The highest BCUT2D eigenvalue weighted by molar-refractivity contribution is 5.87. The Labute approximate surface area is 118 Å². The molecule has 1 aromatic heterocycles. The number of hydrogen-bond acceptors (Lipinski definition) is 3. The van der Waals surface area contributed by atoms with Crippen molar-refractivity contribution in [1.82, 2.24) is 9.78 Å². The standard InChI is InChI=1S/C15H19N3O2/c1-11-10-12(2)18(17-11)9-3-8-16-14-6-4-13(5-7-14)15(19)20/h4-7,10,16H,3,8-9H2,1-2H3,(H,19,20). The lowest BCUT2D eigenvalue weighted by atomic mass is 10.2. The van der Waals surface area contributed by atoms with Crippen molar-refractivity contribution in [2.45, 2.75) is 26.8 Å². The van der Waals surface area contributed by atoms with Crippen molar-refractivity contribution in [3.05, 3.63) is 47.3 Å². The largest absolute Gasteiger partial charge is 0.478 e. The molecule has 106 valence electrons. The second-order valence-electron chi connectivity index (χ2n) is 4.81. The number of aryl methyl sites for hydroxylation is 3. The Morgan fingerprint density at radius 2 is 2.00 bits per heavy atom. The average molecular weight is 273 g/mol. The predicted molar refractivity (Wildman–Crippen MR) is 78.2 cm³/mol. The quantitative estimate of drug-likeness (QED) is 0.794. The van der Waals surface area contributed by atoms with Crippen LogP contribution >= 0.6 is 0 Å². The van der Waals surface area contributed by atoms with E-state index in [1.807, 2.05) is 11.6 Å². The molecule has 0 saturated carbocycles. The number of hydrogen-bond donors (Lipinski definition) is 2. The summed E-state index contributed by atoms with van der Waals surface area (Å²) in [4.78, 5) is 10.7. The Morgan fingerprint density at radius 1 is 1.30 bits per heavy atom. The maximum absolute atomic E-state index is 10.7. The molecule has 5 heteroatoms. The molecule has 0 bridgehead atoms. The molecule has 5 nitrogen and oxygen atoms in total. The monoisotopic (exact) mass is 273 g/mol. The van der Waals surface area contributed by atoms with Crippen LogP contribution in [0.1, 0.15) is 28.2 Å². The molecule has 0 saturated heterocycles. The summed E-state index contributed by atoms with van der Waals surface area (Å²) in [6.45, 7) is 5.74. The van der Waals surface area contributed by atoms with Crippen molar-refractivity contribution in [2.75, 3.05) is 11.9 Å². The predicted octanol–water partition coefficient (Wildman–Crippen LogP) is 2.70. The number of carboxylic acids is 1. The van der Waals surface area contributed by atoms with Crippen molar-refractivity contribution in [1.29, 1.82) is 0 Å².